The van der Waals surface area contributed by atoms with Gasteiger partial charge in [0.2, 0.25) is 11.9 Å². The number of aromatic nitrogens is 2. The summed E-state index contributed by atoms with van der Waals surface area (Å²) in [6, 6.07) is 5.11. The molecule has 1 aliphatic heterocycles. The zero-order valence-electron chi connectivity index (χ0n) is 17.2. The number of hydrogen-bond acceptors (Lipinski definition) is 7. The van der Waals surface area contributed by atoms with Crippen LogP contribution in [0.15, 0.2) is 24.3 Å². The second-order valence-corrected chi connectivity index (χ2v) is 7.68. The number of rotatable bonds is 5. The van der Waals surface area contributed by atoms with Gasteiger partial charge in [-0.15, -0.1) is 13.2 Å². The summed E-state index contributed by atoms with van der Waals surface area (Å²) in [6.45, 7) is 3.62. The fraction of sp³-hybridized carbons (Fsp3) is 0.450. The third-order valence-electron chi connectivity index (χ3n) is 5.40. The molecule has 0 spiro atoms. The van der Waals surface area contributed by atoms with Crippen LogP contribution in [0.4, 0.5) is 30.6 Å². The van der Waals surface area contributed by atoms with E-state index in [2.05, 4.69) is 25.3 Å². The first-order valence-electron chi connectivity index (χ1n) is 9.80. The number of halogens is 3. The van der Waals surface area contributed by atoms with Gasteiger partial charge in [0.15, 0.2) is 5.82 Å². The number of carbonyl (C=O) groups is 1. The van der Waals surface area contributed by atoms with E-state index in [0.29, 0.717) is 41.7 Å². The van der Waals surface area contributed by atoms with Gasteiger partial charge in [-0.2, -0.15) is 4.98 Å². The summed E-state index contributed by atoms with van der Waals surface area (Å²) in [6.07, 6.45) is -3.38. The molecule has 8 nitrogen and oxygen atoms in total. The third kappa shape index (κ3) is 4.59. The Balaban J connectivity index is 1.32. The summed E-state index contributed by atoms with van der Waals surface area (Å²) in [7, 11) is 1.82. The molecule has 1 fully saturated rings. The lowest BCUT2D eigenvalue weighted by Crippen LogP contribution is -2.45. The van der Waals surface area contributed by atoms with E-state index in [1.165, 1.54) is 24.3 Å². The molecule has 2 aliphatic rings. The van der Waals surface area contributed by atoms with Gasteiger partial charge in [0.25, 0.3) is 0 Å². The summed E-state index contributed by atoms with van der Waals surface area (Å²) >= 11 is 0. The van der Waals surface area contributed by atoms with Gasteiger partial charge in [-0.05, 0) is 38.1 Å². The van der Waals surface area contributed by atoms with Crippen LogP contribution in [0.1, 0.15) is 25.5 Å². The number of benzene rings is 1. The number of nitrogens with zero attached hydrogens (tertiary/aromatic N) is 3. The molecule has 2 heterocycles. The van der Waals surface area contributed by atoms with Crippen LogP contribution in [-0.2, 0) is 4.79 Å². The lowest BCUT2D eigenvalue weighted by atomic mass is 9.89. The number of carbonyl (C=O) groups excluding carboxylic acids is 1. The van der Waals surface area contributed by atoms with Crippen molar-refractivity contribution in [3.63, 3.8) is 0 Å². The van der Waals surface area contributed by atoms with Crippen molar-refractivity contribution < 1.29 is 27.4 Å². The van der Waals surface area contributed by atoms with Gasteiger partial charge in [0.1, 0.15) is 29.3 Å². The lowest BCUT2D eigenvalue weighted by molar-refractivity contribution is -0.274. The first-order chi connectivity index (χ1) is 14.6. The molecule has 2 N–H and O–H groups in total. The van der Waals surface area contributed by atoms with Crippen molar-refractivity contribution in [1.29, 1.82) is 0 Å². The maximum atomic E-state index is 12.2. The Kier molecular flexibility index (Phi) is 5.28. The molecule has 4 rings (SSSR count). The first kappa shape index (κ1) is 21.0. The van der Waals surface area contributed by atoms with Crippen LogP contribution in [0, 0.1) is 6.92 Å². The molecular formula is C20H22F3N5O3. The van der Waals surface area contributed by atoms with Crippen molar-refractivity contribution in [2.45, 2.75) is 51.2 Å². The maximum absolute atomic E-state index is 12.2. The number of alkyl halides is 3. The zero-order valence-corrected chi connectivity index (χ0v) is 17.2. The molecule has 2 aromatic rings. The normalized spacial score (nSPS) is 22.8. The van der Waals surface area contributed by atoms with Gasteiger partial charge in [-0.1, -0.05) is 0 Å². The zero-order chi connectivity index (χ0) is 22.3. The Morgan fingerprint density at radius 3 is 2.45 bits per heavy atom. The summed E-state index contributed by atoms with van der Waals surface area (Å²) < 4.78 is 46.3. The summed E-state index contributed by atoms with van der Waals surface area (Å²) in [5, 5.41) is 6.12. The van der Waals surface area contributed by atoms with Crippen LogP contribution in [0.5, 0.6) is 11.5 Å². The van der Waals surface area contributed by atoms with Crippen LogP contribution in [0.2, 0.25) is 0 Å². The minimum absolute atomic E-state index is 0.0624. The Morgan fingerprint density at radius 2 is 1.81 bits per heavy atom. The van der Waals surface area contributed by atoms with Crippen molar-refractivity contribution in [3.05, 3.63) is 30.0 Å². The minimum Gasteiger partial charge on any atom is -0.490 e. The van der Waals surface area contributed by atoms with Crippen LogP contribution in [-0.4, -0.2) is 47.5 Å². The predicted molar refractivity (Wildman–Crippen MR) is 107 cm³/mol. The Bertz CT molecular complexity index is 977. The molecule has 1 atom stereocenters. The van der Waals surface area contributed by atoms with Crippen molar-refractivity contribution in [3.8, 4) is 11.5 Å². The number of amides is 1. The molecule has 1 amide bonds. The fourth-order valence-corrected chi connectivity index (χ4v) is 3.49. The first-order valence-corrected chi connectivity index (χ1v) is 9.80. The number of likely N-dealkylation sites (N-methyl/N-ethyl adjacent to an activating group) is 1. The molecule has 1 aromatic heterocycles. The van der Waals surface area contributed by atoms with E-state index in [1.807, 2.05) is 18.9 Å². The average molecular weight is 437 g/mol. The molecule has 31 heavy (non-hydrogen) atoms. The van der Waals surface area contributed by atoms with Crippen molar-refractivity contribution >= 4 is 23.4 Å². The second-order valence-electron chi connectivity index (χ2n) is 7.68. The minimum atomic E-state index is -4.72. The van der Waals surface area contributed by atoms with Gasteiger partial charge in [0.05, 0.1) is 5.69 Å². The smallest absolute Gasteiger partial charge is 0.490 e. The van der Waals surface area contributed by atoms with Crippen LogP contribution in [0.25, 0.3) is 0 Å². The standard InChI is InChI=1S/C20H22F3N5O3/c1-10-16-17(28(3)11(2)18(29)26-16)27-19(24-10)25-12-8-15(9-12)30-13-4-6-14(7-5-13)31-20(21,22)23/h4-7,11-12,15H,8-9H2,1-3H3,(H,26,29)(H,24,25,27)/t11-,12?,15?/m0/s1. The maximum Gasteiger partial charge on any atom is 0.573 e. The van der Waals surface area contributed by atoms with Crippen molar-refractivity contribution in [1.82, 2.24) is 9.97 Å². The van der Waals surface area contributed by atoms with E-state index < -0.39 is 6.36 Å². The largest absolute Gasteiger partial charge is 0.573 e. The average Bonchev–Trinajstić information content (AvgIpc) is 2.66. The van der Waals surface area contributed by atoms with Crippen LogP contribution < -0.4 is 25.0 Å². The summed E-state index contributed by atoms with van der Waals surface area (Å²) in [5.74, 6) is 1.23. The van der Waals surface area contributed by atoms with E-state index in [4.69, 9.17) is 4.74 Å². The van der Waals surface area contributed by atoms with Crippen molar-refractivity contribution in [2.24, 2.45) is 0 Å². The monoisotopic (exact) mass is 437 g/mol. The highest BCUT2D eigenvalue weighted by atomic mass is 19.4. The number of nitrogens with one attached hydrogen (secondary N) is 2. The van der Waals surface area contributed by atoms with Crippen LogP contribution in [0.3, 0.4) is 0 Å². The SMILES string of the molecule is Cc1nc(NC2CC(Oc3ccc(OC(F)(F)F)cc3)C2)nc2c1NC(=O)[C@H](C)N2C. The Labute approximate surface area is 176 Å². The van der Waals surface area contributed by atoms with E-state index in [0.717, 1.165) is 0 Å². The number of hydrogen-bond donors (Lipinski definition) is 2. The van der Waals surface area contributed by atoms with Gasteiger partial charge < -0.3 is 25.0 Å². The molecule has 0 radical (unpaired) electrons. The third-order valence-corrected chi connectivity index (χ3v) is 5.40. The van der Waals surface area contributed by atoms with E-state index in [9.17, 15) is 18.0 Å². The summed E-state index contributed by atoms with van der Waals surface area (Å²) in [4.78, 5) is 22.8. The van der Waals surface area contributed by atoms with E-state index in [1.54, 1.807) is 6.92 Å². The fourth-order valence-electron chi connectivity index (χ4n) is 3.49. The molecule has 166 valence electrons. The number of ether oxygens (including phenoxy) is 2. The Hall–Kier alpha value is -3.24. The predicted octanol–water partition coefficient (Wildman–Crippen LogP) is 3.48. The molecule has 0 bridgehead atoms. The highest BCUT2D eigenvalue weighted by molar-refractivity contribution is 6.03. The topological polar surface area (TPSA) is 88.6 Å². The van der Waals surface area contributed by atoms with E-state index >= 15 is 0 Å². The molecule has 1 aromatic carbocycles. The van der Waals surface area contributed by atoms with Gasteiger partial charge in [-0.3, -0.25) is 4.79 Å². The van der Waals surface area contributed by atoms with Crippen LogP contribution >= 0.6 is 0 Å². The number of anilines is 3. The second kappa shape index (κ2) is 7.78. The highest BCUT2D eigenvalue weighted by Gasteiger charge is 2.34. The van der Waals surface area contributed by atoms with Gasteiger partial charge in [-0.25, -0.2) is 4.98 Å². The number of aryl methyl sites for hydroxylation is 1. The highest BCUT2D eigenvalue weighted by Crippen LogP contribution is 2.34. The molecule has 0 saturated heterocycles. The van der Waals surface area contributed by atoms with Gasteiger partial charge in [0, 0.05) is 25.9 Å². The Morgan fingerprint density at radius 1 is 1.16 bits per heavy atom. The molecular weight excluding hydrogens is 415 g/mol. The molecule has 0 unspecified atom stereocenters. The number of fused-ring (bicyclic) bond motifs is 1. The van der Waals surface area contributed by atoms with Crippen molar-refractivity contribution in [2.75, 3.05) is 22.6 Å². The summed E-state index contributed by atoms with van der Waals surface area (Å²) in [5.41, 5.74) is 1.29. The molecule has 1 saturated carbocycles. The van der Waals surface area contributed by atoms with E-state index in [-0.39, 0.29) is 29.8 Å². The quantitative estimate of drug-likeness (QED) is 0.740. The molecule has 1 aliphatic carbocycles. The molecule has 11 heteroatoms. The lowest BCUT2D eigenvalue weighted by Gasteiger charge is -2.37. The van der Waals surface area contributed by atoms with Gasteiger partial charge >= 0.3 is 6.36 Å².